The number of halogens is 2. The van der Waals surface area contributed by atoms with Gasteiger partial charge in [-0.3, -0.25) is 19.2 Å². The zero-order valence-corrected chi connectivity index (χ0v) is 22.3. The molecule has 0 heterocycles. The molecule has 0 radical (unpaired) electrons. The van der Waals surface area contributed by atoms with Gasteiger partial charge in [-0.05, 0) is 73.0 Å². The van der Waals surface area contributed by atoms with Crippen LogP contribution in [0.2, 0.25) is 0 Å². The smallest absolute Gasteiger partial charge is 0.303 e. The van der Waals surface area contributed by atoms with E-state index in [0.29, 0.717) is 19.3 Å². The number of carboxylic acid groups (broad SMARTS) is 2. The number of ketones is 2. The predicted molar refractivity (Wildman–Crippen MR) is 130 cm³/mol. The van der Waals surface area contributed by atoms with E-state index in [1.165, 1.54) is 0 Å². The molecule has 214 valence electrons. The minimum atomic E-state index is -2.65. The van der Waals surface area contributed by atoms with Crippen LogP contribution < -0.4 is 0 Å². The van der Waals surface area contributed by atoms with Gasteiger partial charge in [0.2, 0.25) is 5.79 Å². The highest BCUT2D eigenvalue weighted by molar-refractivity contribution is 5.88. The number of carbonyl (C=O) groups is 4. The molecule has 4 fully saturated rings. The van der Waals surface area contributed by atoms with E-state index in [1.807, 2.05) is 13.8 Å². The Morgan fingerprint density at radius 3 is 2.16 bits per heavy atom. The number of carbonyl (C=O) groups excluding carboxylic acids is 2. The Morgan fingerprint density at radius 1 is 0.974 bits per heavy atom. The number of hydrogen-bond donors (Lipinski definition) is 4. The lowest BCUT2D eigenvalue weighted by Crippen LogP contribution is -2.68. The molecular formula is C28H40F2O8. The van der Waals surface area contributed by atoms with E-state index in [-0.39, 0.29) is 55.8 Å². The minimum absolute atomic E-state index is 0.000400. The molecule has 4 aliphatic rings. The maximum atomic E-state index is 16.5. The average molecular weight is 543 g/mol. The molecule has 0 aromatic rings. The first-order valence-corrected chi connectivity index (χ1v) is 13.7. The molecule has 9 atom stereocenters. The van der Waals surface area contributed by atoms with E-state index in [9.17, 15) is 44.0 Å². The number of hydrogen-bond acceptors (Lipinski definition) is 6. The lowest BCUT2D eigenvalue weighted by Gasteiger charge is -2.67. The molecule has 0 spiro atoms. The fraction of sp³-hybridized carbons (Fsp3) is 0.857. The summed E-state index contributed by atoms with van der Waals surface area (Å²) in [5.74, 6) is -7.54. The summed E-state index contributed by atoms with van der Waals surface area (Å²) >= 11 is 0. The van der Waals surface area contributed by atoms with Gasteiger partial charge in [-0.25, -0.2) is 8.78 Å². The third-order valence-corrected chi connectivity index (χ3v) is 12.0. The zero-order chi connectivity index (χ0) is 28.5. The second kappa shape index (κ2) is 9.32. The van der Waals surface area contributed by atoms with Crippen molar-refractivity contribution in [1.29, 1.82) is 0 Å². The lowest BCUT2D eigenvalue weighted by molar-refractivity contribution is -0.265. The van der Waals surface area contributed by atoms with E-state index >= 15 is 4.39 Å². The fourth-order valence-corrected chi connectivity index (χ4v) is 10.3. The predicted octanol–water partition coefficient (Wildman–Crippen LogP) is 3.71. The van der Waals surface area contributed by atoms with Gasteiger partial charge in [-0.15, -0.1) is 0 Å². The van der Waals surface area contributed by atoms with Crippen molar-refractivity contribution in [2.75, 3.05) is 6.67 Å². The topological polar surface area (TPSA) is 149 Å². The Balaban J connectivity index is 1.80. The summed E-state index contributed by atoms with van der Waals surface area (Å²) in [4.78, 5) is 49.0. The molecular weight excluding hydrogens is 502 g/mol. The summed E-state index contributed by atoms with van der Waals surface area (Å²) in [6.45, 7) is 4.29. The molecule has 0 saturated heterocycles. The van der Waals surface area contributed by atoms with E-state index in [0.717, 1.165) is 0 Å². The SMILES string of the molecule is C[C@H]1C[C@H]2[C@@H]3C[C@@H](F)C4(CCC(=O)O)CC(=O)C(O)(O)C[C@]4(C)[C@H]3CC[C@]2(C)[C@@]1(CCC(=O)O)C(=O)CF. The molecule has 0 aromatic heterocycles. The Labute approximate surface area is 221 Å². The second-order valence-corrected chi connectivity index (χ2v) is 13.2. The van der Waals surface area contributed by atoms with Crippen molar-refractivity contribution in [3.63, 3.8) is 0 Å². The van der Waals surface area contributed by atoms with Crippen molar-refractivity contribution < 1.29 is 48.4 Å². The maximum Gasteiger partial charge on any atom is 0.303 e. The minimum Gasteiger partial charge on any atom is -0.481 e. The number of alkyl halides is 2. The number of aliphatic carboxylic acids is 2. The summed E-state index contributed by atoms with van der Waals surface area (Å²) in [7, 11) is 0. The van der Waals surface area contributed by atoms with Crippen LogP contribution in [0, 0.1) is 45.3 Å². The van der Waals surface area contributed by atoms with Gasteiger partial charge in [0.05, 0.1) is 0 Å². The first-order chi connectivity index (χ1) is 17.5. The largest absolute Gasteiger partial charge is 0.481 e. The van der Waals surface area contributed by atoms with Gasteiger partial charge in [-0.2, -0.15) is 0 Å². The van der Waals surface area contributed by atoms with E-state index in [4.69, 9.17) is 0 Å². The molecule has 0 aliphatic heterocycles. The molecule has 8 nitrogen and oxygen atoms in total. The van der Waals surface area contributed by atoms with Crippen molar-refractivity contribution in [1.82, 2.24) is 0 Å². The summed E-state index contributed by atoms with van der Waals surface area (Å²) in [5.41, 5.74) is -4.46. The molecule has 0 bridgehead atoms. The number of Topliss-reactive ketones (excluding diaryl/α,β-unsaturated/α-hetero) is 2. The molecule has 4 N–H and O–H groups in total. The first-order valence-electron chi connectivity index (χ1n) is 13.7. The normalized spacial score (nSPS) is 45.6. The van der Waals surface area contributed by atoms with E-state index in [2.05, 4.69) is 0 Å². The molecule has 38 heavy (non-hydrogen) atoms. The summed E-state index contributed by atoms with van der Waals surface area (Å²) in [6.07, 6.45) is -1.81. The highest BCUT2D eigenvalue weighted by Crippen LogP contribution is 2.75. The van der Waals surface area contributed by atoms with Crippen molar-refractivity contribution >= 4 is 23.5 Å². The quantitative estimate of drug-likeness (QED) is 0.339. The van der Waals surface area contributed by atoms with Gasteiger partial charge >= 0.3 is 11.9 Å². The number of aliphatic hydroxyl groups is 2. The Hall–Kier alpha value is -1.94. The van der Waals surface area contributed by atoms with Gasteiger partial charge in [-0.1, -0.05) is 20.8 Å². The third-order valence-electron chi connectivity index (χ3n) is 12.0. The van der Waals surface area contributed by atoms with Crippen LogP contribution in [0.15, 0.2) is 0 Å². The number of fused-ring (bicyclic) bond motifs is 5. The molecule has 1 unspecified atom stereocenters. The van der Waals surface area contributed by atoms with Crippen LogP contribution >= 0.6 is 0 Å². The van der Waals surface area contributed by atoms with Crippen LogP contribution in [0.1, 0.15) is 85.0 Å². The third kappa shape index (κ3) is 3.79. The Kier molecular flexibility index (Phi) is 7.13. The van der Waals surface area contributed by atoms with E-state index in [1.54, 1.807) is 6.92 Å². The van der Waals surface area contributed by atoms with Crippen LogP contribution in [0.4, 0.5) is 8.78 Å². The van der Waals surface area contributed by atoms with Gasteiger partial charge in [0.15, 0.2) is 11.6 Å². The standard InChI is InChI=1S/C28H40F2O8/c1-15-10-18-16-11-19(30)26(8-5-22(33)34)12-20(31)28(37,38)14-25(26,3)17(16)4-7-24(18,2)27(15,21(32)13-29)9-6-23(35)36/h15-19,37-38H,4-14H2,1-3H3,(H,33,34)(H,35,36)/t15-,16+,17-,18-,19+,24-,25+,26?,27+/m0/s1. The van der Waals surface area contributed by atoms with Crippen LogP contribution in [0.3, 0.4) is 0 Å². The molecule has 0 aromatic carbocycles. The van der Waals surface area contributed by atoms with Crippen LogP contribution in [0.5, 0.6) is 0 Å². The van der Waals surface area contributed by atoms with Crippen LogP contribution in [-0.4, -0.2) is 62.6 Å². The Morgan fingerprint density at radius 2 is 1.58 bits per heavy atom. The lowest BCUT2D eigenvalue weighted by atomic mass is 9.37. The number of rotatable bonds is 8. The zero-order valence-electron chi connectivity index (χ0n) is 22.3. The highest BCUT2D eigenvalue weighted by atomic mass is 19.1. The maximum absolute atomic E-state index is 16.5. The molecule has 4 aliphatic carbocycles. The summed E-state index contributed by atoms with van der Waals surface area (Å²) in [6, 6.07) is 0. The van der Waals surface area contributed by atoms with Crippen molar-refractivity contribution in [2.45, 2.75) is 96.9 Å². The molecule has 4 rings (SSSR count). The second-order valence-electron chi connectivity index (χ2n) is 13.2. The number of carboxylic acids is 2. The summed E-state index contributed by atoms with van der Waals surface area (Å²) < 4.78 is 30.5. The Bertz CT molecular complexity index is 1030. The average Bonchev–Trinajstić information content (AvgIpc) is 3.05. The van der Waals surface area contributed by atoms with Gasteiger partial charge < -0.3 is 20.4 Å². The van der Waals surface area contributed by atoms with Gasteiger partial charge in [0.25, 0.3) is 0 Å². The highest BCUT2D eigenvalue weighted by Gasteiger charge is 2.74. The molecule has 10 heteroatoms. The van der Waals surface area contributed by atoms with Gasteiger partial charge in [0, 0.05) is 36.5 Å². The monoisotopic (exact) mass is 542 g/mol. The van der Waals surface area contributed by atoms with Crippen molar-refractivity contribution in [3.05, 3.63) is 0 Å². The van der Waals surface area contributed by atoms with Crippen molar-refractivity contribution in [3.8, 4) is 0 Å². The van der Waals surface area contributed by atoms with Crippen LogP contribution in [0.25, 0.3) is 0 Å². The molecule has 4 saturated carbocycles. The fourth-order valence-electron chi connectivity index (χ4n) is 10.3. The van der Waals surface area contributed by atoms with Gasteiger partial charge in [0.1, 0.15) is 12.8 Å². The summed E-state index contributed by atoms with van der Waals surface area (Å²) in [5, 5.41) is 40.1. The first kappa shape index (κ1) is 29.1. The van der Waals surface area contributed by atoms with E-state index < -0.39 is 76.6 Å². The van der Waals surface area contributed by atoms with Crippen molar-refractivity contribution in [2.24, 2.45) is 45.3 Å². The molecule has 0 amide bonds. The van der Waals surface area contributed by atoms with Crippen LogP contribution in [-0.2, 0) is 19.2 Å².